The lowest BCUT2D eigenvalue weighted by atomic mass is 10.3. The predicted octanol–water partition coefficient (Wildman–Crippen LogP) is 2.27. The molecule has 0 fully saturated rings. The van der Waals surface area contributed by atoms with Crippen molar-refractivity contribution >= 4 is 11.9 Å². The third-order valence-corrected chi connectivity index (χ3v) is 3.01. The van der Waals surface area contributed by atoms with Crippen LogP contribution in [-0.2, 0) is 33.3 Å². The van der Waals surface area contributed by atoms with Gasteiger partial charge in [0.1, 0.15) is 12.7 Å². The Balaban J connectivity index is 3.81. The van der Waals surface area contributed by atoms with Crippen molar-refractivity contribution in [1.29, 1.82) is 0 Å². The van der Waals surface area contributed by atoms with Gasteiger partial charge in [0, 0.05) is 12.5 Å². The highest BCUT2D eigenvalue weighted by Crippen LogP contribution is 2.03. The zero-order chi connectivity index (χ0) is 19.4. The molecule has 25 heavy (non-hydrogen) atoms. The Morgan fingerprint density at radius 3 is 1.56 bits per heavy atom. The van der Waals surface area contributed by atoms with Gasteiger partial charge in [-0.2, -0.15) is 0 Å². The van der Waals surface area contributed by atoms with Gasteiger partial charge in [0.05, 0.1) is 38.1 Å². The average Bonchev–Trinajstić information content (AvgIpc) is 2.53. The van der Waals surface area contributed by atoms with Crippen molar-refractivity contribution in [3.63, 3.8) is 0 Å². The molecule has 0 saturated carbocycles. The van der Waals surface area contributed by atoms with E-state index in [0.29, 0.717) is 25.4 Å². The van der Waals surface area contributed by atoms with Crippen LogP contribution in [0.1, 0.15) is 41.5 Å². The van der Waals surface area contributed by atoms with Gasteiger partial charge >= 0.3 is 11.9 Å². The third kappa shape index (κ3) is 13.5. The molecule has 0 aliphatic carbocycles. The molecule has 146 valence electrons. The van der Waals surface area contributed by atoms with Gasteiger partial charge in [0.2, 0.25) is 0 Å². The second-order valence-electron chi connectivity index (χ2n) is 6.23. The minimum Gasteiger partial charge on any atom is -0.460 e. The summed E-state index contributed by atoms with van der Waals surface area (Å²) in [5.74, 6) is -0.748. The molecule has 4 atom stereocenters. The van der Waals surface area contributed by atoms with Crippen LogP contribution in [0.15, 0.2) is 12.2 Å². The first kappa shape index (κ1) is 23.6. The molecular formula is C18H32O7. The van der Waals surface area contributed by atoms with Crippen LogP contribution in [0.5, 0.6) is 0 Å². The lowest BCUT2D eigenvalue weighted by Gasteiger charge is -2.21. The maximum Gasteiger partial charge on any atom is 0.333 e. The molecule has 0 spiro atoms. The molecular weight excluding hydrogens is 328 g/mol. The molecule has 0 amide bonds. The molecule has 7 heteroatoms. The maximum atomic E-state index is 11.3. The Hall–Kier alpha value is -1.44. The monoisotopic (exact) mass is 360 g/mol. The van der Waals surface area contributed by atoms with Crippen LogP contribution in [0.25, 0.3) is 0 Å². The number of hydrogen-bond donors (Lipinski definition) is 0. The van der Waals surface area contributed by atoms with E-state index in [4.69, 9.17) is 23.7 Å². The zero-order valence-electron chi connectivity index (χ0n) is 16.2. The second kappa shape index (κ2) is 12.9. The van der Waals surface area contributed by atoms with Crippen LogP contribution >= 0.6 is 0 Å². The fourth-order valence-electron chi connectivity index (χ4n) is 1.68. The van der Waals surface area contributed by atoms with Gasteiger partial charge in [-0.1, -0.05) is 6.58 Å². The van der Waals surface area contributed by atoms with Gasteiger partial charge in [-0.05, 0) is 34.6 Å². The van der Waals surface area contributed by atoms with Crippen LogP contribution in [0.2, 0.25) is 0 Å². The Morgan fingerprint density at radius 2 is 1.16 bits per heavy atom. The van der Waals surface area contributed by atoms with Crippen molar-refractivity contribution in [2.75, 3.05) is 26.4 Å². The van der Waals surface area contributed by atoms with Gasteiger partial charge < -0.3 is 23.7 Å². The summed E-state index contributed by atoms with van der Waals surface area (Å²) in [6.45, 7) is 15.1. The van der Waals surface area contributed by atoms with Gasteiger partial charge in [-0.15, -0.1) is 0 Å². The summed E-state index contributed by atoms with van der Waals surface area (Å²) in [6, 6.07) is 0. The highest BCUT2D eigenvalue weighted by Gasteiger charge is 2.13. The summed E-state index contributed by atoms with van der Waals surface area (Å²) in [5.41, 5.74) is 0.362. The van der Waals surface area contributed by atoms with Crippen LogP contribution < -0.4 is 0 Å². The minimum absolute atomic E-state index is 0.128. The molecule has 0 rings (SSSR count). The van der Waals surface area contributed by atoms with Crippen molar-refractivity contribution < 1.29 is 33.3 Å². The molecule has 0 radical (unpaired) electrons. The lowest BCUT2D eigenvalue weighted by Crippen LogP contribution is -2.28. The molecule has 7 nitrogen and oxygen atoms in total. The van der Waals surface area contributed by atoms with Gasteiger partial charge in [0.25, 0.3) is 0 Å². The van der Waals surface area contributed by atoms with Crippen molar-refractivity contribution in [2.24, 2.45) is 0 Å². The molecule has 0 N–H and O–H groups in total. The number of ether oxygens (including phenoxy) is 5. The van der Waals surface area contributed by atoms with E-state index in [9.17, 15) is 9.59 Å². The van der Waals surface area contributed by atoms with Crippen LogP contribution in [0.4, 0.5) is 0 Å². The predicted molar refractivity (Wildman–Crippen MR) is 93.2 cm³/mol. The largest absolute Gasteiger partial charge is 0.460 e. The van der Waals surface area contributed by atoms with Crippen molar-refractivity contribution in [3.8, 4) is 0 Å². The van der Waals surface area contributed by atoms with Gasteiger partial charge in [0.15, 0.2) is 0 Å². The molecule has 0 aliphatic heterocycles. The number of carbonyl (C=O) groups excluding carboxylic acids is 2. The summed E-state index contributed by atoms with van der Waals surface area (Å²) in [6.07, 6.45) is -0.776. The summed E-state index contributed by atoms with van der Waals surface area (Å²) in [4.78, 5) is 22.1. The molecule has 0 aliphatic rings. The van der Waals surface area contributed by atoms with E-state index in [-0.39, 0.29) is 37.0 Å². The smallest absolute Gasteiger partial charge is 0.333 e. The summed E-state index contributed by atoms with van der Waals surface area (Å²) in [5, 5.41) is 0. The first-order valence-corrected chi connectivity index (χ1v) is 8.46. The first-order chi connectivity index (χ1) is 11.6. The van der Waals surface area contributed by atoms with Crippen LogP contribution in [-0.4, -0.2) is 62.8 Å². The second-order valence-corrected chi connectivity index (χ2v) is 6.23. The minimum atomic E-state index is -0.422. The zero-order valence-corrected chi connectivity index (χ0v) is 16.2. The number of esters is 2. The Kier molecular flexibility index (Phi) is 12.1. The van der Waals surface area contributed by atoms with Crippen LogP contribution in [0, 0.1) is 0 Å². The van der Waals surface area contributed by atoms with E-state index in [1.54, 1.807) is 13.8 Å². The molecule has 0 aromatic carbocycles. The van der Waals surface area contributed by atoms with E-state index < -0.39 is 5.97 Å². The van der Waals surface area contributed by atoms with Gasteiger partial charge in [-0.25, -0.2) is 4.79 Å². The number of hydrogen-bond acceptors (Lipinski definition) is 7. The highest BCUT2D eigenvalue weighted by atomic mass is 16.6. The van der Waals surface area contributed by atoms with Crippen molar-refractivity contribution in [3.05, 3.63) is 12.2 Å². The van der Waals surface area contributed by atoms with Crippen molar-refractivity contribution in [1.82, 2.24) is 0 Å². The average molecular weight is 360 g/mol. The Morgan fingerprint density at radius 1 is 0.760 bits per heavy atom. The summed E-state index contributed by atoms with van der Waals surface area (Å²) >= 11 is 0. The van der Waals surface area contributed by atoms with E-state index in [1.165, 1.54) is 6.92 Å². The Bertz CT molecular complexity index is 422. The molecule has 0 aromatic rings. The van der Waals surface area contributed by atoms with E-state index >= 15 is 0 Å². The Labute approximate surface area is 150 Å². The topological polar surface area (TPSA) is 80.3 Å². The maximum absolute atomic E-state index is 11.3. The molecule has 4 unspecified atom stereocenters. The fourth-order valence-corrected chi connectivity index (χ4v) is 1.68. The number of carbonyl (C=O) groups is 2. The van der Waals surface area contributed by atoms with E-state index in [1.807, 2.05) is 20.8 Å². The lowest BCUT2D eigenvalue weighted by molar-refractivity contribution is -0.150. The fraction of sp³-hybridized carbons (Fsp3) is 0.778. The van der Waals surface area contributed by atoms with E-state index in [2.05, 4.69) is 6.58 Å². The normalized spacial score (nSPS) is 15.8. The first-order valence-electron chi connectivity index (χ1n) is 8.46. The summed E-state index contributed by atoms with van der Waals surface area (Å²) < 4.78 is 26.8. The SMILES string of the molecule is C=C(C)C(=O)OCC(C)OCC(C)OCC(C)OCC(C)OC(C)=O. The van der Waals surface area contributed by atoms with Crippen LogP contribution in [0.3, 0.4) is 0 Å². The van der Waals surface area contributed by atoms with E-state index in [0.717, 1.165) is 0 Å². The highest BCUT2D eigenvalue weighted by molar-refractivity contribution is 5.86. The molecule has 0 heterocycles. The van der Waals surface area contributed by atoms with Gasteiger partial charge in [-0.3, -0.25) is 4.79 Å². The molecule has 0 bridgehead atoms. The third-order valence-electron chi connectivity index (χ3n) is 3.01. The standard InChI is InChI=1S/C18H32O7/c1-12(2)18(20)24-10-15(5)22-8-13(3)21-9-14(4)23-11-16(6)25-17(7)19/h13-16H,1,8-11H2,2-7H3. The summed E-state index contributed by atoms with van der Waals surface area (Å²) in [7, 11) is 0. The molecule has 0 aromatic heterocycles. The molecule has 0 saturated heterocycles. The van der Waals surface area contributed by atoms with Crippen molar-refractivity contribution in [2.45, 2.75) is 66.0 Å². The number of rotatable bonds is 13. The quantitative estimate of drug-likeness (QED) is 0.368.